The van der Waals surface area contributed by atoms with E-state index in [-0.39, 0.29) is 11.1 Å². The Labute approximate surface area is 145 Å². The molecule has 116 valence electrons. The third-order valence-electron chi connectivity index (χ3n) is 2.92. The first-order chi connectivity index (χ1) is 9.82. The van der Waals surface area contributed by atoms with Crippen LogP contribution in [0.25, 0.3) is 0 Å². The highest BCUT2D eigenvalue weighted by Crippen LogP contribution is 2.39. The molecule has 21 heavy (non-hydrogen) atoms. The van der Waals surface area contributed by atoms with Crippen molar-refractivity contribution >= 4 is 62.8 Å². The number of anilines is 1. The summed E-state index contributed by atoms with van der Waals surface area (Å²) in [5.74, 6) is -0.0297. The normalized spacial score (nSPS) is 20.2. The molecule has 1 heterocycles. The summed E-state index contributed by atoms with van der Waals surface area (Å²) in [6.45, 7) is 3.79. The maximum absolute atomic E-state index is 14.2. The zero-order valence-corrected chi connectivity index (χ0v) is 15.1. The Hall–Kier alpha value is -0.210. The first-order valence-corrected chi connectivity index (χ1v) is 8.62. The highest BCUT2D eigenvalue weighted by atomic mass is 79.9. The van der Waals surface area contributed by atoms with Crippen molar-refractivity contribution < 1.29 is 9.28 Å². The summed E-state index contributed by atoms with van der Waals surface area (Å²) >= 11 is 15.6. The molecular formula is C12H13BrCl2FN3OS. The first-order valence-electron chi connectivity index (χ1n) is 6.11. The summed E-state index contributed by atoms with van der Waals surface area (Å²) in [4.78, 5) is 13.6. The van der Waals surface area contributed by atoms with Crippen LogP contribution in [0.5, 0.6) is 0 Å². The van der Waals surface area contributed by atoms with Gasteiger partial charge in [-0.25, -0.2) is 4.79 Å². The fraction of sp³-hybridized carbons (Fsp3) is 0.417. The minimum Gasteiger partial charge on any atom is -0.272 e. The molecule has 2 amide bonds. The molecule has 1 saturated heterocycles. The van der Waals surface area contributed by atoms with Gasteiger partial charge >= 0.3 is 6.03 Å². The van der Waals surface area contributed by atoms with E-state index in [9.17, 15) is 9.28 Å². The lowest BCUT2D eigenvalue weighted by Gasteiger charge is -2.30. The standard InChI is InChI=1S/C12H13BrCl2FN3OS/c1-7(2)10-17(9-5-3-8(13)4-6-9)12(20)18(16)19(10)21-11(14)15/h3-7,10-11H,1-2H3. The number of amides is 2. The van der Waals surface area contributed by atoms with Gasteiger partial charge in [0.15, 0.2) is 4.17 Å². The Kier molecular flexibility index (Phi) is 5.65. The van der Waals surface area contributed by atoms with Crippen molar-refractivity contribution in [2.45, 2.75) is 24.2 Å². The van der Waals surface area contributed by atoms with Crippen LogP contribution in [0.4, 0.5) is 15.0 Å². The van der Waals surface area contributed by atoms with Gasteiger partial charge in [0.25, 0.3) is 0 Å². The summed E-state index contributed by atoms with van der Waals surface area (Å²) < 4.78 is 15.4. The monoisotopic (exact) mass is 415 g/mol. The number of nitrogens with zero attached hydrogens (tertiary/aromatic N) is 3. The molecule has 1 aliphatic rings. The summed E-state index contributed by atoms with van der Waals surface area (Å²) in [7, 11) is 0. The van der Waals surface area contributed by atoms with E-state index in [1.54, 1.807) is 24.3 Å². The molecule has 2 rings (SSSR count). The average molecular weight is 417 g/mol. The molecule has 1 aromatic rings. The van der Waals surface area contributed by atoms with Crippen molar-refractivity contribution in [3.8, 4) is 0 Å². The molecule has 1 aliphatic heterocycles. The second-order valence-electron chi connectivity index (χ2n) is 4.72. The van der Waals surface area contributed by atoms with Crippen LogP contribution in [0.3, 0.4) is 0 Å². The number of hydrogen-bond donors (Lipinski definition) is 0. The van der Waals surface area contributed by atoms with Crippen molar-refractivity contribution in [1.82, 2.24) is 9.65 Å². The Morgan fingerprint density at radius 2 is 1.86 bits per heavy atom. The van der Waals surface area contributed by atoms with Crippen LogP contribution < -0.4 is 4.90 Å². The van der Waals surface area contributed by atoms with Crippen molar-refractivity contribution in [3.63, 3.8) is 0 Å². The Bertz CT molecular complexity index is 520. The average Bonchev–Trinajstić information content (AvgIpc) is 2.64. The first kappa shape index (κ1) is 17.1. The zero-order valence-electron chi connectivity index (χ0n) is 11.2. The van der Waals surface area contributed by atoms with E-state index in [2.05, 4.69) is 15.9 Å². The Morgan fingerprint density at radius 1 is 1.29 bits per heavy atom. The van der Waals surface area contributed by atoms with Crippen LogP contribution >= 0.6 is 51.1 Å². The number of benzene rings is 1. The molecule has 4 nitrogen and oxygen atoms in total. The van der Waals surface area contributed by atoms with Crippen LogP contribution in [-0.2, 0) is 0 Å². The van der Waals surface area contributed by atoms with Crippen molar-refractivity contribution in [3.05, 3.63) is 28.7 Å². The van der Waals surface area contributed by atoms with Crippen LogP contribution in [0.1, 0.15) is 13.8 Å². The maximum atomic E-state index is 14.2. The summed E-state index contributed by atoms with van der Waals surface area (Å²) in [6, 6.07) is 6.32. The van der Waals surface area contributed by atoms with Gasteiger partial charge in [0, 0.05) is 10.2 Å². The van der Waals surface area contributed by atoms with Crippen molar-refractivity contribution in [2.75, 3.05) is 4.90 Å². The van der Waals surface area contributed by atoms with E-state index in [0.717, 1.165) is 16.4 Å². The smallest absolute Gasteiger partial charge is 0.272 e. The Balaban J connectivity index is 2.38. The number of hydrazine groups is 1. The van der Waals surface area contributed by atoms with Crippen LogP contribution in [0.15, 0.2) is 28.7 Å². The lowest BCUT2D eigenvalue weighted by Crippen LogP contribution is -2.41. The van der Waals surface area contributed by atoms with Gasteiger partial charge in [-0.15, -0.1) is 4.41 Å². The number of urea groups is 1. The molecule has 0 N–H and O–H groups in total. The SMILES string of the molecule is CC(C)C1N(c2ccc(Br)cc2)C(=O)N(F)N1SC(Cl)Cl. The van der Waals surface area contributed by atoms with Crippen LogP contribution in [-0.4, -0.2) is 26.0 Å². The van der Waals surface area contributed by atoms with Gasteiger partial charge in [-0.2, -0.15) is 0 Å². The van der Waals surface area contributed by atoms with E-state index < -0.39 is 16.4 Å². The van der Waals surface area contributed by atoms with E-state index in [1.807, 2.05) is 13.8 Å². The van der Waals surface area contributed by atoms with Gasteiger partial charge in [0.05, 0.1) is 0 Å². The third kappa shape index (κ3) is 3.59. The maximum Gasteiger partial charge on any atom is 0.370 e. The molecular weight excluding hydrogens is 404 g/mol. The molecule has 0 aromatic heterocycles. The predicted molar refractivity (Wildman–Crippen MR) is 88.5 cm³/mol. The molecule has 0 radical (unpaired) electrons. The van der Waals surface area contributed by atoms with Gasteiger partial charge in [-0.1, -0.05) is 62.7 Å². The van der Waals surface area contributed by atoms with E-state index >= 15 is 0 Å². The van der Waals surface area contributed by atoms with E-state index in [0.29, 0.717) is 5.69 Å². The van der Waals surface area contributed by atoms with Crippen molar-refractivity contribution in [2.24, 2.45) is 5.92 Å². The molecule has 1 unspecified atom stereocenters. The fourth-order valence-electron chi connectivity index (χ4n) is 2.09. The summed E-state index contributed by atoms with van der Waals surface area (Å²) in [5, 5.41) is 0.0507. The zero-order chi connectivity index (χ0) is 15.7. The summed E-state index contributed by atoms with van der Waals surface area (Å²) in [5.41, 5.74) is 0.605. The van der Waals surface area contributed by atoms with Gasteiger partial charge < -0.3 is 0 Å². The topological polar surface area (TPSA) is 26.8 Å². The molecule has 9 heteroatoms. The summed E-state index contributed by atoms with van der Waals surface area (Å²) in [6.07, 6.45) is -0.520. The molecule has 1 atom stereocenters. The second-order valence-corrected chi connectivity index (χ2v) is 8.30. The molecule has 0 spiro atoms. The number of hydrogen-bond acceptors (Lipinski definition) is 3. The van der Waals surface area contributed by atoms with Gasteiger partial charge in [0.1, 0.15) is 6.17 Å². The molecule has 1 aromatic carbocycles. The van der Waals surface area contributed by atoms with Gasteiger partial charge in [-0.05, 0) is 42.1 Å². The number of alkyl halides is 2. The molecule has 0 aliphatic carbocycles. The largest absolute Gasteiger partial charge is 0.370 e. The van der Waals surface area contributed by atoms with Crippen LogP contribution in [0.2, 0.25) is 0 Å². The minimum atomic E-state index is -0.873. The predicted octanol–water partition coefficient (Wildman–Crippen LogP) is 5.18. The molecule has 0 bridgehead atoms. The quantitative estimate of drug-likeness (QED) is 0.384. The van der Waals surface area contributed by atoms with E-state index in [1.165, 1.54) is 9.31 Å². The number of carbonyl (C=O) groups excluding carboxylic acids is 1. The van der Waals surface area contributed by atoms with Crippen LogP contribution in [0, 0.1) is 5.92 Å². The Morgan fingerprint density at radius 3 is 2.33 bits per heavy atom. The minimum absolute atomic E-state index is 0.0297. The van der Waals surface area contributed by atoms with Crippen molar-refractivity contribution in [1.29, 1.82) is 0 Å². The second kappa shape index (κ2) is 6.91. The van der Waals surface area contributed by atoms with Gasteiger partial charge in [0.2, 0.25) is 0 Å². The molecule has 1 fully saturated rings. The lowest BCUT2D eigenvalue weighted by molar-refractivity contribution is -0.0519. The number of halogens is 4. The highest BCUT2D eigenvalue weighted by Gasteiger charge is 2.48. The fourth-order valence-corrected chi connectivity index (χ4v) is 3.62. The third-order valence-corrected chi connectivity index (χ3v) is 4.66. The van der Waals surface area contributed by atoms with Gasteiger partial charge in [-0.3, -0.25) is 4.90 Å². The number of carbonyl (C=O) groups is 1. The lowest BCUT2D eigenvalue weighted by atomic mass is 10.1. The van der Waals surface area contributed by atoms with E-state index in [4.69, 9.17) is 23.2 Å². The highest BCUT2D eigenvalue weighted by molar-refractivity contribution is 9.10. The number of rotatable bonds is 4. The molecule has 0 saturated carbocycles.